The summed E-state index contributed by atoms with van der Waals surface area (Å²) in [5.41, 5.74) is 0.569. The van der Waals surface area contributed by atoms with Gasteiger partial charge in [-0.25, -0.2) is 8.42 Å². The number of hydrogen-bond donors (Lipinski definition) is 1. The SMILES string of the molecule is C[C@@H](C(=O)NC(C)(C)C)N(Cc1ccc(Br)cc1)C(=O)CN(c1ccc2c(c1)OCCO2)S(C)(=O)=O. The number of rotatable bonds is 8. The first kappa shape index (κ1) is 27.8. The molecule has 2 aromatic rings. The van der Waals surface area contributed by atoms with Crippen LogP contribution in [0.15, 0.2) is 46.9 Å². The molecule has 0 spiro atoms. The van der Waals surface area contributed by atoms with Gasteiger partial charge in [-0.3, -0.25) is 13.9 Å². The zero-order valence-corrected chi connectivity index (χ0v) is 23.5. The Morgan fingerprint density at radius 3 is 2.25 bits per heavy atom. The van der Waals surface area contributed by atoms with Gasteiger partial charge < -0.3 is 19.7 Å². The third-order valence-corrected chi connectivity index (χ3v) is 7.09. The number of nitrogens with one attached hydrogen (secondary N) is 1. The van der Waals surface area contributed by atoms with Crippen LogP contribution >= 0.6 is 15.9 Å². The van der Waals surface area contributed by atoms with Crippen LogP contribution in [0.4, 0.5) is 5.69 Å². The molecule has 1 aliphatic rings. The third kappa shape index (κ3) is 7.36. The van der Waals surface area contributed by atoms with Crippen LogP contribution in [0.3, 0.4) is 0 Å². The van der Waals surface area contributed by atoms with Crippen molar-refractivity contribution in [2.75, 3.05) is 30.3 Å². The highest BCUT2D eigenvalue weighted by Gasteiger charge is 2.31. The number of carbonyl (C=O) groups is 2. The molecule has 2 aromatic carbocycles. The van der Waals surface area contributed by atoms with E-state index in [2.05, 4.69) is 21.2 Å². The standard InChI is InChI=1S/C25H32BrN3O6S/c1-17(24(31)27-25(2,3)4)28(15-18-6-8-19(26)9-7-18)23(30)16-29(36(5,32)33)20-10-11-21-22(14-20)35-13-12-34-21/h6-11,14,17H,12-13,15-16H2,1-5H3,(H,27,31)/t17-/m0/s1. The molecule has 0 unspecified atom stereocenters. The maximum Gasteiger partial charge on any atom is 0.244 e. The molecule has 11 heteroatoms. The first-order chi connectivity index (χ1) is 16.7. The number of nitrogens with zero attached hydrogens (tertiary/aromatic N) is 2. The molecule has 0 bridgehead atoms. The molecule has 0 saturated heterocycles. The monoisotopic (exact) mass is 581 g/mol. The lowest BCUT2D eigenvalue weighted by Gasteiger charge is -2.33. The quantitative estimate of drug-likeness (QED) is 0.512. The van der Waals surface area contributed by atoms with Crippen LogP contribution in [0.25, 0.3) is 0 Å². The lowest BCUT2D eigenvalue weighted by Crippen LogP contribution is -2.54. The normalized spacial score (nSPS) is 14.1. The average Bonchev–Trinajstić information content (AvgIpc) is 2.79. The van der Waals surface area contributed by atoms with Gasteiger partial charge in [0.1, 0.15) is 25.8 Å². The van der Waals surface area contributed by atoms with Crippen molar-refractivity contribution in [1.82, 2.24) is 10.2 Å². The van der Waals surface area contributed by atoms with Crippen LogP contribution in [0, 0.1) is 0 Å². The number of halogens is 1. The fourth-order valence-electron chi connectivity index (χ4n) is 3.64. The summed E-state index contributed by atoms with van der Waals surface area (Å²) in [4.78, 5) is 28.0. The summed E-state index contributed by atoms with van der Waals surface area (Å²) in [6.07, 6.45) is 1.03. The Morgan fingerprint density at radius 1 is 1.06 bits per heavy atom. The Hall–Kier alpha value is -2.79. The Labute approximate surface area is 220 Å². The van der Waals surface area contributed by atoms with Gasteiger partial charge >= 0.3 is 0 Å². The van der Waals surface area contributed by atoms with Gasteiger partial charge in [0.05, 0.1) is 11.9 Å². The van der Waals surface area contributed by atoms with E-state index >= 15 is 0 Å². The van der Waals surface area contributed by atoms with Crippen molar-refractivity contribution in [1.29, 1.82) is 0 Å². The maximum atomic E-state index is 13.6. The highest BCUT2D eigenvalue weighted by Crippen LogP contribution is 2.34. The van der Waals surface area contributed by atoms with Crippen LogP contribution in [0.2, 0.25) is 0 Å². The maximum absolute atomic E-state index is 13.6. The molecule has 36 heavy (non-hydrogen) atoms. The van der Waals surface area contributed by atoms with Crippen molar-refractivity contribution in [3.8, 4) is 11.5 Å². The summed E-state index contributed by atoms with van der Waals surface area (Å²) in [6.45, 7) is 7.58. The molecule has 2 amide bonds. The van der Waals surface area contributed by atoms with Crippen molar-refractivity contribution in [2.45, 2.75) is 45.8 Å². The smallest absolute Gasteiger partial charge is 0.244 e. The van der Waals surface area contributed by atoms with E-state index in [1.165, 1.54) is 11.0 Å². The number of amides is 2. The van der Waals surface area contributed by atoms with E-state index in [1.807, 2.05) is 45.0 Å². The van der Waals surface area contributed by atoms with Crippen LogP contribution in [-0.2, 0) is 26.2 Å². The van der Waals surface area contributed by atoms with Gasteiger partial charge in [-0.05, 0) is 57.5 Å². The Bertz CT molecular complexity index is 1210. The molecular formula is C25H32BrN3O6S. The lowest BCUT2D eigenvalue weighted by molar-refractivity contribution is -0.140. The van der Waals surface area contributed by atoms with Crippen LogP contribution in [0.5, 0.6) is 11.5 Å². The van der Waals surface area contributed by atoms with E-state index in [-0.39, 0.29) is 18.1 Å². The summed E-state index contributed by atoms with van der Waals surface area (Å²) < 4.78 is 38.5. The summed E-state index contributed by atoms with van der Waals surface area (Å²) in [5, 5.41) is 2.90. The molecule has 3 rings (SSSR count). The fourth-order valence-corrected chi connectivity index (χ4v) is 4.75. The second kappa shape index (κ2) is 11.1. The predicted molar refractivity (Wildman–Crippen MR) is 142 cm³/mol. The highest BCUT2D eigenvalue weighted by molar-refractivity contribution is 9.10. The molecule has 1 heterocycles. The van der Waals surface area contributed by atoms with E-state index in [0.29, 0.717) is 24.7 Å². The predicted octanol–water partition coefficient (Wildman–Crippen LogP) is 3.32. The van der Waals surface area contributed by atoms with Crippen LogP contribution < -0.4 is 19.1 Å². The first-order valence-electron chi connectivity index (χ1n) is 11.5. The van der Waals surface area contributed by atoms with Gasteiger partial charge in [-0.1, -0.05) is 28.1 Å². The molecule has 0 saturated carbocycles. The van der Waals surface area contributed by atoms with Crippen molar-refractivity contribution >= 4 is 43.5 Å². The number of ether oxygens (including phenoxy) is 2. The molecule has 1 N–H and O–H groups in total. The Kier molecular flexibility index (Phi) is 8.55. The molecular weight excluding hydrogens is 550 g/mol. The fraction of sp³-hybridized carbons (Fsp3) is 0.440. The Balaban J connectivity index is 1.92. The minimum atomic E-state index is -3.84. The van der Waals surface area contributed by atoms with E-state index in [1.54, 1.807) is 19.1 Å². The van der Waals surface area contributed by atoms with Gasteiger partial charge in [0.15, 0.2) is 11.5 Å². The summed E-state index contributed by atoms with van der Waals surface area (Å²) >= 11 is 3.40. The minimum absolute atomic E-state index is 0.129. The molecule has 196 valence electrons. The summed E-state index contributed by atoms with van der Waals surface area (Å²) in [7, 11) is -3.84. The summed E-state index contributed by atoms with van der Waals surface area (Å²) in [6, 6.07) is 11.2. The minimum Gasteiger partial charge on any atom is -0.486 e. The van der Waals surface area contributed by atoms with Crippen LogP contribution in [0.1, 0.15) is 33.3 Å². The average molecular weight is 583 g/mol. The van der Waals surface area contributed by atoms with Gasteiger partial charge in [0.25, 0.3) is 0 Å². The van der Waals surface area contributed by atoms with Crippen LogP contribution in [-0.4, -0.2) is 62.7 Å². The molecule has 0 aliphatic carbocycles. The molecule has 1 atom stereocenters. The van der Waals surface area contributed by atoms with Gasteiger partial charge in [0, 0.05) is 22.6 Å². The van der Waals surface area contributed by atoms with Crippen molar-refractivity contribution in [2.24, 2.45) is 0 Å². The molecule has 0 aromatic heterocycles. The number of fused-ring (bicyclic) bond motifs is 1. The van der Waals surface area contributed by atoms with Gasteiger partial charge in [-0.2, -0.15) is 0 Å². The van der Waals surface area contributed by atoms with E-state index in [4.69, 9.17) is 9.47 Å². The molecule has 0 fully saturated rings. The molecule has 1 aliphatic heterocycles. The van der Waals surface area contributed by atoms with Crippen molar-refractivity contribution in [3.63, 3.8) is 0 Å². The van der Waals surface area contributed by atoms with E-state index < -0.39 is 34.1 Å². The topological polar surface area (TPSA) is 105 Å². The summed E-state index contributed by atoms with van der Waals surface area (Å²) in [5.74, 6) is 0.0617. The molecule has 0 radical (unpaired) electrons. The highest BCUT2D eigenvalue weighted by atomic mass is 79.9. The third-order valence-electron chi connectivity index (χ3n) is 5.42. The molecule has 9 nitrogen and oxygen atoms in total. The number of hydrogen-bond acceptors (Lipinski definition) is 6. The van der Waals surface area contributed by atoms with E-state index in [9.17, 15) is 18.0 Å². The lowest BCUT2D eigenvalue weighted by atomic mass is 10.1. The number of benzene rings is 2. The Morgan fingerprint density at radius 2 is 1.67 bits per heavy atom. The van der Waals surface area contributed by atoms with Gasteiger partial charge in [-0.15, -0.1) is 0 Å². The van der Waals surface area contributed by atoms with Crippen molar-refractivity contribution < 1.29 is 27.5 Å². The zero-order chi connectivity index (χ0) is 26.7. The first-order valence-corrected chi connectivity index (χ1v) is 14.1. The second-order valence-electron chi connectivity index (χ2n) is 9.66. The number of carbonyl (C=O) groups excluding carboxylic acids is 2. The second-order valence-corrected chi connectivity index (χ2v) is 12.5. The number of anilines is 1. The van der Waals surface area contributed by atoms with Crippen molar-refractivity contribution in [3.05, 3.63) is 52.5 Å². The zero-order valence-electron chi connectivity index (χ0n) is 21.1. The number of sulfonamides is 1. The largest absolute Gasteiger partial charge is 0.486 e. The van der Waals surface area contributed by atoms with Gasteiger partial charge in [0.2, 0.25) is 21.8 Å². The van der Waals surface area contributed by atoms with E-state index in [0.717, 1.165) is 20.6 Å².